The molecule has 0 aliphatic carbocycles. The van der Waals surface area contributed by atoms with E-state index in [1.807, 2.05) is 35.6 Å². The number of H-pyrrole nitrogens is 1. The molecule has 0 spiro atoms. The molecule has 2 nitrogen and oxygen atoms in total. The van der Waals surface area contributed by atoms with Crippen LogP contribution in [0.2, 0.25) is 0 Å². The molecule has 2 rings (SSSR count). The fourth-order valence-corrected chi connectivity index (χ4v) is 2.16. The highest BCUT2D eigenvalue weighted by Gasteiger charge is 2.35. The molecule has 0 saturated carbocycles. The van der Waals surface area contributed by atoms with Crippen LogP contribution in [-0.4, -0.2) is 16.5 Å². The van der Waals surface area contributed by atoms with Crippen molar-refractivity contribution in [1.82, 2.24) is 10.2 Å². The molecule has 2 aromatic rings. The summed E-state index contributed by atoms with van der Waals surface area (Å²) in [6.45, 7) is 0. The fraction of sp³-hybridized carbons (Fsp3) is 0.308. The van der Waals surface area contributed by atoms with E-state index in [9.17, 15) is 13.2 Å². The number of alkyl halides is 3. The molecule has 0 aliphatic heterocycles. The lowest BCUT2D eigenvalue weighted by Gasteiger charge is -2.07. The van der Waals surface area contributed by atoms with E-state index >= 15 is 0 Å². The van der Waals surface area contributed by atoms with Crippen molar-refractivity contribution in [3.05, 3.63) is 47.3 Å². The van der Waals surface area contributed by atoms with Crippen LogP contribution < -0.4 is 0 Å². The number of nitrogens with one attached hydrogen (secondary N) is 1. The number of halogens is 3. The van der Waals surface area contributed by atoms with Gasteiger partial charge in [0, 0.05) is 10.5 Å². The Kier molecular flexibility index (Phi) is 4.19. The fourth-order valence-electron chi connectivity index (χ4n) is 1.75. The monoisotopic (exact) mass is 285 g/mol. The normalized spacial score (nSPS) is 11.8. The summed E-state index contributed by atoms with van der Waals surface area (Å²) in [5.41, 5.74) is 0.287. The molecule has 0 unspecified atom stereocenters. The van der Waals surface area contributed by atoms with E-state index in [1.54, 1.807) is 11.8 Å². The molecule has 1 N–H and O–H groups in total. The summed E-state index contributed by atoms with van der Waals surface area (Å²) < 4.78 is 37.8. The molecule has 6 heteroatoms. The third kappa shape index (κ3) is 3.53. The molecule has 19 heavy (non-hydrogen) atoms. The van der Waals surface area contributed by atoms with E-state index < -0.39 is 11.9 Å². The number of hydrogen-bond acceptors (Lipinski definition) is 2. The molecular formula is C13H12F3N2S. The number of hydrogen-bond donors (Lipinski definition) is 1. The number of aromatic amines is 1. The first kappa shape index (κ1) is 14.0. The number of rotatable bonds is 4. The predicted octanol–water partition coefficient (Wildman–Crippen LogP) is 3.74. The summed E-state index contributed by atoms with van der Waals surface area (Å²) in [7, 11) is 0. The number of aryl methyl sites for hydroxylation is 2. The zero-order valence-corrected chi connectivity index (χ0v) is 11.0. The Bertz CT molecular complexity index is 532. The van der Waals surface area contributed by atoms with Crippen molar-refractivity contribution in [2.24, 2.45) is 0 Å². The van der Waals surface area contributed by atoms with E-state index in [2.05, 4.69) is 11.3 Å². The van der Waals surface area contributed by atoms with E-state index in [4.69, 9.17) is 0 Å². The number of benzene rings is 1. The van der Waals surface area contributed by atoms with Gasteiger partial charge in [0.1, 0.15) is 11.9 Å². The molecule has 1 aromatic carbocycles. The third-order valence-corrected chi connectivity index (χ3v) is 3.51. The topological polar surface area (TPSA) is 28.7 Å². The van der Waals surface area contributed by atoms with Gasteiger partial charge in [-0.05, 0) is 36.8 Å². The Labute approximate surface area is 113 Å². The van der Waals surface area contributed by atoms with Crippen molar-refractivity contribution in [3.63, 3.8) is 0 Å². The van der Waals surface area contributed by atoms with Crippen molar-refractivity contribution in [3.8, 4) is 0 Å². The SMILES string of the molecule is CSc1ccc(CCc2[c]n[nH]c2C(F)(F)F)cc1. The molecule has 0 atom stereocenters. The Hall–Kier alpha value is -1.43. The Morgan fingerprint density at radius 2 is 1.89 bits per heavy atom. The molecule has 0 aliphatic rings. The van der Waals surface area contributed by atoms with Crippen molar-refractivity contribution < 1.29 is 13.2 Å². The van der Waals surface area contributed by atoms with Crippen LogP contribution in [0, 0.1) is 6.20 Å². The molecule has 101 valence electrons. The van der Waals surface area contributed by atoms with Crippen LogP contribution in [0.15, 0.2) is 29.2 Å². The molecular weight excluding hydrogens is 273 g/mol. The summed E-state index contributed by atoms with van der Waals surface area (Å²) in [6.07, 6.45) is 0.758. The minimum absolute atomic E-state index is 0.0847. The Morgan fingerprint density at radius 3 is 2.47 bits per heavy atom. The summed E-state index contributed by atoms with van der Waals surface area (Å²) in [4.78, 5) is 1.13. The average Bonchev–Trinajstić information content (AvgIpc) is 2.85. The van der Waals surface area contributed by atoms with Gasteiger partial charge >= 0.3 is 6.18 Å². The summed E-state index contributed by atoms with van der Waals surface area (Å²) in [5.74, 6) is 0. The Balaban J connectivity index is 2.04. The zero-order valence-electron chi connectivity index (χ0n) is 10.2. The van der Waals surface area contributed by atoms with Gasteiger partial charge in [-0.3, -0.25) is 5.10 Å². The number of aromatic nitrogens is 2. The van der Waals surface area contributed by atoms with Gasteiger partial charge in [0.15, 0.2) is 0 Å². The highest BCUT2D eigenvalue weighted by molar-refractivity contribution is 7.98. The van der Waals surface area contributed by atoms with Gasteiger partial charge in [-0.1, -0.05) is 12.1 Å². The summed E-state index contributed by atoms with van der Waals surface area (Å²) in [6, 6.07) is 7.78. The molecule has 0 bridgehead atoms. The van der Waals surface area contributed by atoms with Crippen molar-refractivity contribution in [1.29, 1.82) is 0 Å². The summed E-state index contributed by atoms with van der Waals surface area (Å²) >= 11 is 1.63. The number of thioether (sulfide) groups is 1. The molecule has 1 radical (unpaired) electrons. The van der Waals surface area contributed by atoms with Crippen LogP contribution >= 0.6 is 11.8 Å². The minimum atomic E-state index is -4.40. The maximum atomic E-state index is 12.6. The number of nitrogens with zero attached hydrogens (tertiary/aromatic N) is 1. The van der Waals surface area contributed by atoms with Gasteiger partial charge in [-0.2, -0.15) is 18.3 Å². The van der Waals surface area contributed by atoms with Crippen LogP contribution in [0.1, 0.15) is 16.8 Å². The lowest BCUT2D eigenvalue weighted by Crippen LogP contribution is -2.09. The van der Waals surface area contributed by atoms with Crippen LogP contribution in [-0.2, 0) is 19.0 Å². The van der Waals surface area contributed by atoms with E-state index in [-0.39, 0.29) is 12.0 Å². The first-order valence-corrected chi connectivity index (χ1v) is 6.88. The molecule has 1 aromatic heterocycles. The van der Waals surface area contributed by atoms with Gasteiger partial charge in [0.2, 0.25) is 0 Å². The molecule has 0 amide bonds. The molecule has 0 fully saturated rings. The quantitative estimate of drug-likeness (QED) is 0.867. The van der Waals surface area contributed by atoms with Gasteiger partial charge in [-0.15, -0.1) is 11.8 Å². The Morgan fingerprint density at radius 1 is 1.21 bits per heavy atom. The van der Waals surface area contributed by atoms with E-state index in [0.717, 1.165) is 10.5 Å². The minimum Gasteiger partial charge on any atom is -0.273 e. The molecule has 1 heterocycles. The maximum Gasteiger partial charge on any atom is 0.433 e. The molecule has 0 saturated heterocycles. The van der Waals surface area contributed by atoms with E-state index in [0.29, 0.717) is 6.42 Å². The first-order chi connectivity index (χ1) is 9.00. The van der Waals surface area contributed by atoms with Gasteiger partial charge in [0.25, 0.3) is 0 Å². The lowest BCUT2D eigenvalue weighted by molar-refractivity contribution is -0.141. The largest absolute Gasteiger partial charge is 0.433 e. The van der Waals surface area contributed by atoms with Crippen LogP contribution in [0.5, 0.6) is 0 Å². The second kappa shape index (κ2) is 5.69. The van der Waals surface area contributed by atoms with Gasteiger partial charge in [-0.25, -0.2) is 0 Å². The maximum absolute atomic E-state index is 12.6. The summed E-state index contributed by atoms with van der Waals surface area (Å²) in [5, 5.41) is 5.32. The smallest absolute Gasteiger partial charge is 0.273 e. The standard InChI is InChI=1S/C13H12F3N2S/c1-19-11-6-3-9(4-7-11)2-5-10-8-17-18-12(10)13(14,15)16/h3-4,6-7H,2,5H2,1H3,(H,17,18). The van der Waals surface area contributed by atoms with Crippen LogP contribution in [0.3, 0.4) is 0 Å². The lowest BCUT2D eigenvalue weighted by atomic mass is 10.0. The van der Waals surface area contributed by atoms with Crippen LogP contribution in [0.25, 0.3) is 0 Å². The van der Waals surface area contributed by atoms with Crippen molar-refractivity contribution in [2.75, 3.05) is 6.26 Å². The van der Waals surface area contributed by atoms with Crippen molar-refractivity contribution in [2.45, 2.75) is 23.9 Å². The average molecular weight is 285 g/mol. The van der Waals surface area contributed by atoms with Gasteiger partial charge < -0.3 is 0 Å². The second-order valence-electron chi connectivity index (χ2n) is 4.03. The van der Waals surface area contributed by atoms with Gasteiger partial charge in [0.05, 0.1) is 0 Å². The second-order valence-corrected chi connectivity index (χ2v) is 4.91. The van der Waals surface area contributed by atoms with Crippen molar-refractivity contribution >= 4 is 11.8 Å². The first-order valence-electron chi connectivity index (χ1n) is 5.66. The van der Waals surface area contributed by atoms with E-state index in [1.165, 1.54) is 0 Å². The highest BCUT2D eigenvalue weighted by atomic mass is 32.2. The predicted molar refractivity (Wildman–Crippen MR) is 68.1 cm³/mol. The zero-order chi connectivity index (χ0) is 13.9. The third-order valence-electron chi connectivity index (χ3n) is 2.77. The van der Waals surface area contributed by atoms with Crippen LogP contribution in [0.4, 0.5) is 13.2 Å². The highest BCUT2D eigenvalue weighted by Crippen LogP contribution is 2.30.